The van der Waals surface area contributed by atoms with Crippen molar-refractivity contribution in [2.75, 3.05) is 19.6 Å². The van der Waals surface area contributed by atoms with E-state index >= 15 is 0 Å². The van der Waals surface area contributed by atoms with Crippen molar-refractivity contribution >= 4 is 12.0 Å². The second-order valence-corrected chi connectivity index (χ2v) is 7.13. The van der Waals surface area contributed by atoms with Gasteiger partial charge in [0, 0.05) is 18.6 Å². The Morgan fingerprint density at radius 3 is 2.81 bits per heavy atom. The molecule has 0 bridgehead atoms. The van der Waals surface area contributed by atoms with E-state index in [9.17, 15) is 14.0 Å². The number of amides is 2. The molecule has 26 heavy (non-hydrogen) atoms. The van der Waals surface area contributed by atoms with E-state index in [0.717, 1.165) is 31.2 Å². The van der Waals surface area contributed by atoms with E-state index in [4.69, 9.17) is 5.11 Å². The van der Waals surface area contributed by atoms with Gasteiger partial charge in [0.15, 0.2) is 0 Å². The van der Waals surface area contributed by atoms with Crippen LogP contribution in [0.2, 0.25) is 0 Å². The molecule has 2 fully saturated rings. The number of hydrogen-bond acceptors (Lipinski definition) is 3. The predicted molar refractivity (Wildman–Crippen MR) is 95.3 cm³/mol. The average Bonchev–Trinajstić information content (AvgIpc) is 3.05. The molecule has 7 heteroatoms. The third-order valence-corrected chi connectivity index (χ3v) is 5.45. The van der Waals surface area contributed by atoms with Crippen LogP contribution in [0.25, 0.3) is 0 Å². The summed E-state index contributed by atoms with van der Waals surface area (Å²) >= 11 is 0. The first-order chi connectivity index (χ1) is 12.5. The second kappa shape index (κ2) is 8.03. The number of aliphatic carboxylic acids is 1. The standard InChI is InChI=1S/C19H26FN3O3/c1-2-22(12-18(24)25)16-10-15(11-16)21-19(26)23-8-4-7-17(23)13-5-3-6-14(20)9-13/h3,5-6,9,15-17H,2,4,7-8,10-12H2,1H3,(H,21,26)(H,24,25). The van der Waals surface area contributed by atoms with E-state index in [0.29, 0.717) is 13.1 Å². The third-order valence-electron chi connectivity index (χ3n) is 5.45. The van der Waals surface area contributed by atoms with Crippen LogP contribution < -0.4 is 5.32 Å². The van der Waals surface area contributed by atoms with Crippen molar-refractivity contribution in [2.24, 2.45) is 0 Å². The van der Waals surface area contributed by atoms with Gasteiger partial charge in [0.25, 0.3) is 0 Å². The van der Waals surface area contributed by atoms with Gasteiger partial charge in [-0.25, -0.2) is 9.18 Å². The van der Waals surface area contributed by atoms with Crippen molar-refractivity contribution in [3.8, 4) is 0 Å². The molecule has 1 aromatic carbocycles. The first kappa shape index (κ1) is 18.6. The zero-order chi connectivity index (χ0) is 18.7. The predicted octanol–water partition coefficient (Wildman–Crippen LogP) is 2.61. The lowest BCUT2D eigenvalue weighted by molar-refractivity contribution is -0.139. The number of carbonyl (C=O) groups is 2. The molecule has 3 rings (SSSR count). The fraction of sp³-hybridized carbons (Fsp3) is 0.579. The fourth-order valence-electron chi connectivity index (χ4n) is 4.00. The van der Waals surface area contributed by atoms with Gasteiger partial charge < -0.3 is 15.3 Å². The molecule has 1 saturated heterocycles. The molecule has 0 aromatic heterocycles. The average molecular weight is 363 g/mol. The SMILES string of the molecule is CCN(CC(=O)O)C1CC(NC(=O)N2CCCC2c2cccc(F)c2)C1. The maximum Gasteiger partial charge on any atom is 0.318 e. The molecule has 6 nitrogen and oxygen atoms in total. The van der Waals surface area contributed by atoms with E-state index in [1.165, 1.54) is 12.1 Å². The molecule has 0 radical (unpaired) electrons. The summed E-state index contributed by atoms with van der Waals surface area (Å²) in [5.74, 6) is -1.11. The minimum atomic E-state index is -0.825. The number of carboxylic acid groups (broad SMARTS) is 1. The van der Waals surface area contributed by atoms with Crippen LogP contribution in [-0.2, 0) is 4.79 Å². The molecule has 1 aliphatic carbocycles. The van der Waals surface area contributed by atoms with Crippen LogP contribution in [0.4, 0.5) is 9.18 Å². The third kappa shape index (κ3) is 4.15. The Hall–Kier alpha value is -2.15. The minimum Gasteiger partial charge on any atom is -0.480 e. The summed E-state index contributed by atoms with van der Waals surface area (Å²) in [6, 6.07) is 6.54. The van der Waals surface area contributed by atoms with Gasteiger partial charge >= 0.3 is 12.0 Å². The van der Waals surface area contributed by atoms with E-state index in [1.807, 2.05) is 17.9 Å². The molecule has 1 saturated carbocycles. The first-order valence-corrected chi connectivity index (χ1v) is 9.26. The summed E-state index contributed by atoms with van der Waals surface area (Å²) in [6.07, 6.45) is 3.28. The summed E-state index contributed by atoms with van der Waals surface area (Å²) in [7, 11) is 0. The van der Waals surface area contributed by atoms with Gasteiger partial charge in [-0.05, 0) is 49.9 Å². The van der Waals surface area contributed by atoms with Crippen molar-refractivity contribution < 1.29 is 19.1 Å². The molecule has 1 aromatic rings. The van der Waals surface area contributed by atoms with Gasteiger partial charge in [0.2, 0.25) is 0 Å². The van der Waals surface area contributed by atoms with Crippen molar-refractivity contribution in [3.63, 3.8) is 0 Å². The maximum atomic E-state index is 13.5. The van der Waals surface area contributed by atoms with Crippen LogP contribution in [0.3, 0.4) is 0 Å². The number of rotatable bonds is 6. The monoisotopic (exact) mass is 363 g/mol. The van der Waals surface area contributed by atoms with Crippen LogP contribution in [0.5, 0.6) is 0 Å². The number of likely N-dealkylation sites (tertiary alicyclic amines) is 1. The lowest BCUT2D eigenvalue weighted by Crippen LogP contribution is -2.56. The number of nitrogens with one attached hydrogen (secondary N) is 1. The number of benzene rings is 1. The van der Waals surface area contributed by atoms with Crippen LogP contribution in [-0.4, -0.2) is 58.6 Å². The van der Waals surface area contributed by atoms with Crippen LogP contribution >= 0.6 is 0 Å². The highest BCUT2D eigenvalue weighted by Crippen LogP contribution is 2.33. The van der Waals surface area contributed by atoms with Gasteiger partial charge in [-0.1, -0.05) is 19.1 Å². The van der Waals surface area contributed by atoms with E-state index in [-0.39, 0.29) is 36.5 Å². The summed E-state index contributed by atoms with van der Waals surface area (Å²) in [6.45, 7) is 3.34. The molecule has 2 amide bonds. The highest BCUT2D eigenvalue weighted by atomic mass is 19.1. The number of nitrogens with zero attached hydrogens (tertiary/aromatic N) is 2. The van der Waals surface area contributed by atoms with Gasteiger partial charge in [-0.15, -0.1) is 0 Å². The maximum absolute atomic E-state index is 13.5. The molecule has 1 heterocycles. The molecular weight excluding hydrogens is 337 g/mol. The number of halogens is 1. The molecular formula is C19H26FN3O3. The number of carboxylic acids is 1. The Labute approximate surface area is 153 Å². The van der Waals surface area contributed by atoms with Crippen LogP contribution in [0.15, 0.2) is 24.3 Å². The largest absolute Gasteiger partial charge is 0.480 e. The lowest BCUT2D eigenvalue weighted by atomic mass is 9.85. The number of hydrogen-bond donors (Lipinski definition) is 2. The van der Waals surface area contributed by atoms with E-state index in [2.05, 4.69) is 5.32 Å². The van der Waals surface area contributed by atoms with Gasteiger partial charge in [-0.3, -0.25) is 9.69 Å². The molecule has 2 N–H and O–H groups in total. The molecule has 1 unspecified atom stereocenters. The van der Waals surface area contributed by atoms with E-state index in [1.54, 1.807) is 11.0 Å². The Kier molecular flexibility index (Phi) is 5.76. The smallest absolute Gasteiger partial charge is 0.318 e. The zero-order valence-corrected chi connectivity index (χ0v) is 15.0. The van der Waals surface area contributed by atoms with Crippen LogP contribution in [0.1, 0.15) is 44.2 Å². The zero-order valence-electron chi connectivity index (χ0n) is 15.0. The van der Waals surface area contributed by atoms with Crippen molar-refractivity contribution in [1.29, 1.82) is 0 Å². The summed E-state index contributed by atoms with van der Waals surface area (Å²) < 4.78 is 13.5. The van der Waals surface area contributed by atoms with Crippen molar-refractivity contribution in [1.82, 2.24) is 15.1 Å². The molecule has 142 valence electrons. The second-order valence-electron chi connectivity index (χ2n) is 7.13. The summed E-state index contributed by atoms with van der Waals surface area (Å²) in [5, 5.41) is 12.0. The molecule has 2 aliphatic rings. The van der Waals surface area contributed by atoms with E-state index < -0.39 is 5.97 Å². The first-order valence-electron chi connectivity index (χ1n) is 9.26. The fourth-order valence-corrected chi connectivity index (χ4v) is 4.00. The Morgan fingerprint density at radius 1 is 1.38 bits per heavy atom. The Balaban J connectivity index is 1.53. The van der Waals surface area contributed by atoms with Gasteiger partial charge in [0.05, 0.1) is 12.6 Å². The normalized spacial score (nSPS) is 25.2. The topological polar surface area (TPSA) is 72.9 Å². The molecule has 1 aliphatic heterocycles. The van der Waals surface area contributed by atoms with Crippen molar-refractivity contribution in [3.05, 3.63) is 35.6 Å². The quantitative estimate of drug-likeness (QED) is 0.815. The van der Waals surface area contributed by atoms with Gasteiger partial charge in [0.1, 0.15) is 5.82 Å². The Bertz CT molecular complexity index is 663. The highest BCUT2D eigenvalue weighted by molar-refractivity contribution is 5.75. The van der Waals surface area contributed by atoms with Gasteiger partial charge in [-0.2, -0.15) is 0 Å². The molecule has 1 atom stereocenters. The number of carbonyl (C=O) groups excluding carboxylic acids is 1. The lowest BCUT2D eigenvalue weighted by Gasteiger charge is -2.43. The number of likely N-dealkylation sites (N-methyl/N-ethyl adjacent to an activating group) is 1. The summed E-state index contributed by atoms with van der Waals surface area (Å²) in [4.78, 5) is 27.3. The number of urea groups is 1. The summed E-state index contributed by atoms with van der Waals surface area (Å²) in [5.41, 5.74) is 0.836. The van der Waals surface area contributed by atoms with Crippen LogP contribution in [0, 0.1) is 5.82 Å². The minimum absolute atomic E-state index is 0.0373. The Morgan fingerprint density at radius 2 is 2.15 bits per heavy atom. The van der Waals surface area contributed by atoms with Crippen molar-refractivity contribution in [2.45, 2.75) is 50.7 Å². The molecule has 0 spiro atoms. The highest BCUT2D eigenvalue weighted by Gasteiger charge is 2.37.